The first-order valence-corrected chi connectivity index (χ1v) is 8.00. The van der Waals surface area contributed by atoms with Crippen molar-refractivity contribution in [2.24, 2.45) is 0 Å². The highest BCUT2D eigenvalue weighted by Gasteiger charge is 2.10. The molecule has 7 heteroatoms. The zero-order valence-electron chi connectivity index (χ0n) is 13.5. The van der Waals surface area contributed by atoms with E-state index < -0.39 is 6.03 Å². The predicted molar refractivity (Wildman–Crippen MR) is 96.6 cm³/mol. The number of carbonyl (C=O) groups excluding carboxylic acids is 1. The lowest BCUT2D eigenvalue weighted by Gasteiger charge is -2.06. The van der Waals surface area contributed by atoms with Crippen molar-refractivity contribution in [1.82, 2.24) is 9.78 Å². The molecule has 2 aromatic carbocycles. The van der Waals surface area contributed by atoms with Crippen LogP contribution in [0.1, 0.15) is 11.3 Å². The highest BCUT2D eigenvalue weighted by atomic mass is 35.5. The van der Waals surface area contributed by atoms with Crippen LogP contribution in [0.5, 0.6) is 0 Å². The number of nitrogens with zero attached hydrogens (tertiary/aromatic N) is 2. The van der Waals surface area contributed by atoms with E-state index in [1.165, 1.54) is 6.07 Å². The molecular formula is C18H16ClFN4O. The molecule has 3 rings (SSSR count). The van der Waals surface area contributed by atoms with Gasteiger partial charge in [-0.15, -0.1) is 0 Å². The minimum Gasteiger partial charge on any atom is -0.308 e. The molecule has 1 heterocycles. The number of hydrogen-bond acceptors (Lipinski definition) is 2. The van der Waals surface area contributed by atoms with Crippen LogP contribution in [0.4, 0.5) is 20.7 Å². The van der Waals surface area contributed by atoms with Gasteiger partial charge in [0.2, 0.25) is 0 Å². The molecule has 0 bridgehead atoms. The van der Waals surface area contributed by atoms with Gasteiger partial charge in [0.05, 0.1) is 6.54 Å². The Balaban J connectivity index is 1.68. The van der Waals surface area contributed by atoms with Crippen molar-refractivity contribution in [2.75, 3.05) is 10.6 Å². The molecule has 5 nitrogen and oxygen atoms in total. The highest BCUT2D eigenvalue weighted by Crippen LogP contribution is 2.16. The smallest absolute Gasteiger partial charge is 0.308 e. The molecule has 0 saturated heterocycles. The Bertz CT molecular complexity index is 910. The van der Waals surface area contributed by atoms with Crippen molar-refractivity contribution < 1.29 is 9.18 Å². The average Bonchev–Trinajstić information content (AvgIpc) is 2.89. The normalized spacial score (nSPS) is 10.5. The van der Waals surface area contributed by atoms with Crippen molar-refractivity contribution in [3.63, 3.8) is 0 Å². The summed E-state index contributed by atoms with van der Waals surface area (Å²) < 4.78 is 15.4. The fraction of sp³-hybridized carbons (Fsp3) is 0.111. The third-order valence-corrected chi connectivity index (χ3v) is 3.82. The first-order valence-electron chi connectivity index (χ1n) is 7.63. The minimum atomic E-state index is -0.433. The summed E-state index contributed by atoms with van der Waals surface area (Å²) in [5.41, 5.74) is 1.91. The van der Waals surface area contributed by atoms with E-state index in [-0.39, 0.29) is 12.4 Å². The molecule has 25 heavy (non-hydrogen) atoms. The third-order valence-electron chi connectivity index (χ3n) is 3.58. The van der Waals surface area contributed by atoms with Crippen LogP contribution in [-0.2, 0) is 6.54 Å². The third kappa shape index (κ3) is 4.36. The summed E-state index contributed by atoms with van der Waals surface area (Å²) >= 11 is 5.88. The Morgan fingerprint density at radius 3 is 2.72 bits per heavy atom. The Kier molecular flexibility index (Phi) is 5.00. The van der Waals surface area contributed by atoms with Gasteiger partial charge >= 0.3 is 6.03 Å². The van der Waals surface area contributed by atoms with Gasteiger partial charge in [0, 0.05) is 28.0 Å². The van der Waals surface area contributed by atoms with Crippen molar-refractivity contribution in [2.45, 2.75) is 13.5 Å². The molecule has 0 unspecified atom stereocenters. The number of anilines is 2. The largest absolute Gasteiger partial charge is 0.324 e. The zero-order valence-corrected chi connectivity index (χ0v) is 14.2. The Morgan fingerprint density at radius 1 is 1.16 bits per heavy atom. The van der Waals surface area contributed by atoms with Crippen molar-refractivity contribution >= 4 is 29.1 Å². The lowest BCUT2D eigenvalue weighted by atomic mass is 10.2. The van der Waals surface area contributed by atoms with Gasteiger partial charge in [-0.3, -0.25) is 10.00 Å². The van der Waals surface area contributed by atoms with Crippen LogP contribution in [0.15, 0.2) is 54.6 Å². The van der Waals surface area contributed by atoms with Gasteiger partial charge in [0.1, 0.15) is 5.82 Å². The van der Waals surface area contributed by atoms with E-state index in [1.807, 2.05) is 6.92 Å². The fourth-order valence-electron chi connectivity index (χ4n) is 2.36. The summed E-state index contributed by atoms with van der Waals surface area (Å²) in [6.07, 6.45) is 0. The predicted octanol–water partition coefficient (Wildman–Crippen LogP) is 4.68. The van der Waals surface area contributed by atoms with Crippen LogP contribution in [-0.4, -0.2) is 15.8 Å². The number of rotatable bonds is 4. The summed E-state index contributed by atoms with van der Waals surface area (Å²) in [7, 11) is 0. The van der Waals surface area contributed by atoms with E-state index >= 15 is 0 Å². The molecule has 0 fully saturated rings. The summed E-state index contributed by atoms with van der Waals surface area (Å²) in [5, 5.41) is 10.2. The molecule has 0 aliphatic rings. The first kappa shape index (κ1) is 17.0. The number of nitrogens with one attached hydrogen (secondary N) is 2. The van der Waals surface area contributed by atoms with Crippen LogP contribution in [0.2, 0.25) is 5.02 Å². The van der Waals surface area contributed by atoms with Crippen LogP contribution in [0.3, 0.4) is 0 Å². The Hall–Kier alpha value is -2.86. The van der Waals surface area contributed by atoms with E-state index in [1.54, 1.807) is 53.2 Å². The molecule has 128 valence electrons. The van der Waals surface area contributed by atoms with E-state index in [4.69, 9.17) is 11.6 Å². The number of halogens is 2. The zero-order chi connectivity index (χ0) is 17.8. The monoisotopic (exact) mass is 358 g/mol. The number of benzene rings is 2. The molecule has 3 aromatic rings. The number of hydrogen-bond donors (Lipinski definition) is 2. The number of aromatic nitrogens is 2. The second-order valence-electron chi connectivity index (χ2n) is 5.51. The highest BCUT2D eigenvalue weighted by molar-refractivity contribution is 6.30. The van der Waals surface area contributed by atoms with Gasteiger partial charge < -0.3 is 5.32 Å². The Morgan fingerprint density at radius 2 is 1.96 bits per heavy atom. The minimum absolute atomic E-state index is 0.286. The molecule has 0 aliphatic carbocycles. The van der Waals surface area contributed by atoms with Crippen molar-refractivity contribution in [3.8, 4) is 0 Å². The van der Waals surface area contributed by atoms with E-state index in [0.717, 1.165) is 5.69 Å². The van der Waals surface area contributed by atoms with Crippen molar-refractivity contribution in [3.05, 3.63) is 76.7 Å². The summed E-state index contributed by atoms with van der Waals surface area (Å²) in [6.45, 7) is 2.13. The van der Waals surface area contributed by atoms with Gasteiger partial charge in [0.15, 0.2) is 5.82 Å². The molecule has 2 N–H and O–H groups in total. The number of urea groups is 1. The lowest BCUT2D eigenvalue weighted by molar-refractivity contribution is 0.262. The molecule has 0 spiro atoms. The van der Waals surface area contributed by atoms with Gasteiger partial charge in [-0.1, -0.05) is 35.9 Å². The van der Waals surface area contributed by atoms with E-state index in [9.17, 15) is 9.18 Å². The quantitative estimate of drug-likeness (QED) is 0.711. The fourth-order valence-corrected chi connectivity index (χ4v) is 2.55. The van der Waals surface area contributed by atoms with Crippen LogP contribution in [0.25, 0.3) is 0 Å². The van der Waals surface area contributed by atoms with E-state index in [0.29, 0.717) is 22.1 Å². The van der Waals surface area contributed by atoms with Crippen LogP contribution >= 0.6 is 11.6 Å². The number of amides is 2. The average molecular weight is 359 g/mol. The number of aryl methyl sites for hydroxylation is 1. The topological polar surface area (TPSA) is 59.0 Å². The molecule has 0 saturated carbocycles. The molecule has 0 radical (unpaired) electrons. The second kappa shape index (κ2) is 7.36. The van der Waals surface area contributed by atoms with Gasteiger partial charge in [-0.2, -0.15) is 5.10 Å². The number of carbonyl (C=O) groups is 1. The maximum absolute atomic E-state index is 13.8. The summed E-state index contributed by atoms with van der Waals surface area (Å²) in [6, 6.07) is 14.6. The van der Waals surface area contributed by atoms with Gasteiger partial charge in [-0.25, -0.2) is 9.18 Å². The van der Waals surface area contributed by atoms with E-state index in [2.05, 4.69) is 15.7 Å². The van der Waals surface area contributed by atoms with Gasteiger partial charge in [0.25, 0.3) is 0 Å². The summed E-state index contributed by atoms with van der Waals surface area (Å²) in [5.74, 6) is 0.0963. The van der Waals surface area contributed by atoms with Crippen LogP contribution in [0, 0.1) is 12.7 Å². The SMILES string of the molecule is Cc1cc(NC(=O)Nc2cccc(Cl)c2)nn1Cc1ccccc1F. The molecule has 2 amide bonds. The molecular weight excluding hydrogens is 343 g/mol. The second-order valence-corrected chi connectivity index (χ2v) is 5.95. The van der Waals surface area contributed by atoms with Crippen LogP contribution < -0.4 is 10.6 Å². The molecule has 1 aromatic heterocycles. The maximum Gasteiger partial charge on any atom is 0.324 e. The van der Waals surface area contributed by atoms with Gasteiger partial charge in [-0.05, 0) is 31.2 Å². The Labute approximate surface area is 149 Å². The standard InChI is InChI=1S/C18H16ClFN4O/c1-12-9-17(22-18(25)21-15-7-4-6-14(19)10-15)23-24(12)11-13-5-2-3-8-16(13)20/h2-10H,11H2,1H3,(H2,21,22,23,25). The van der Waals surface area contributed by atoms with Crippen molar-refractivity contribution in [1.29, 1.82) is 0 Å². The summed E-state index contributed by atoms with van der Waals surface area (Å²) in [4.78, 5) is 12.1. The lowest BCUT2D eigenvalue weighted by Crippen LogP contribution is -2.19. The first-order chi connectivity index (χ1) is 12.0. The maximum atomic E-state index is 13.8. The molecule has 0 aliphatic heterocycles. The molecule has 0 atom stereocenters.